The Kier molecular flexibility index (Phi) is 6.71. The van der Waals surface area contributed by atoms with E-state index in [-0.39, 0.29) is 28.7 Å². The number of phenols is 1. The number of hydrogen-bond donors (Lipinski definition) is 1. The lowest BCUT2D eigenvalue weighted by Crippen LogP contribution is -2.31. The van der Waals surface area contributed by atoms with Crippen molar-refractivity contribution in [2.75, 3.05) is 31.2 Å². The fraction of sp³-hybridized carbons (Fsp3) is 0.393. The van der Waals surface area contributed by atoms with Gasteiger partial charge in [-0.25, -0.2) is 18.7 Å². The number of anilines is 1. The van der Waals surface area contributed by atoms with Gasteiger partial charge in [-0.2, -0.15) is 0 Å². The van der Waals surface area contributed by atoms with Crippen LogP contribution in [0.4, 0.5) is 14.6 Å². The monoisotopic (exact) mass is 492 g/mol. The molecule has 6 nitrogen and oxygen atoms in total. The number of hydrogen-bond acceptors (Lipinski definition) is 6. The van der Waals surface area contributed by atoms with Gasteiger partial charge in [0.25, 0.3) is 0 Å². The Bertz CT molecular complexity index is 1430. The molecule has 2 aromatic carbocycles. The Morgan fingerprint density at radius 2 is 1.83 bits per heavy atom. The molecule has 2 aromatic heterocycles. The number of aryl methyl sites for hydroxylation is 1. The predicted molar refractivity (Wildman–Crippen MR) is 138 cm³/mol. The highest BCUT2D eigenvalue weighted by Gasteiger charge is 2.24. The first-order chi connectivity index (χ1) is 17.4. The van der Waals surface area contributed by atoms with Crippen molar-refractivity contribution in [1.29, 1.82) is 0 Å². The van der Waals surface area contributed by atoms with Crippen molar-refractivity contribution in [3.05, 3.63) is 53.5 Å². The van der Waals surface area contributed by atoms with Crippen LogP contribution in [0.1, 0.15) is 50.9 Å². The van der Waals surface area contributed by atoms with E-state index in [4.69, 9.17) is 9.72 Å². The van der Waals surface area contributed by atoms with Crippen molar-refractivity contribution < 1.29 is 18.6 Å². The second kappa shape index (κ2) is 9.93. The minimum absolute atomic E-state index is 0.00959. The molecule has 1 saturated heterocycles. The van der Waals surface area contributed by atoms with Gasteiger partial charge in [0.15, 0.2) is 5.82 Å². The molecule has 4 aromatic rings. The molecule has 8 heteroatoms. The third-order valence-electron chi connectivity index (χ3n) is 6.69. The van der Waals surface area contributed by atoms with E-state index in [2.05, 4.69) is 14.9 Å². The number of rotatable bonds is 4. The molecular weight excluding hydrogens is 462 g/mol. The van der Waals surface area contributed by atoms with Crippen LogP contribution >= 0.6 is 0 Å². The third-order valence-corrected chi connectivity index (χ3v) is 6.69. The van der Waals surface area contributed by atoms with Gasteiger partial charge in [-0.05, 0) is 53.8 Å². The molecule has 188 valence electrons. The summed E-state index contributed by atoms with van der Waals surface area (Å²) in [6.45, 7) is 8.63. The average Bonchev–Trinajstić information content (AvgIpc) is 2.83. The summed E-state index contributed by atoms with van der Waals surface area (Å²) < 4.78 is 36.6. The number of fused-ring (bicyclic) bond motifs is 2. The molecule has 36 heavy (non-hydrogen) atoms. The van der Waals surface area contributed by atoms with E-state index in [1.54, 1.807) is 18.3 Å². The van der Waals surface area contributed by atoms with Gasteiger partial charge in [0.05, 0.1) is 5.39 Å². The Morgan fingerprint density at radius 1 is 1.08 bits per heavy atom. The highest BCUT2D eigenvalue weighted by molar-refractivity contribution is 6.01. The van der Waals surface area contributed by atoms with Crippen molar-refractivity contribution in [1.82, 2.24) is 15.0 Å². The van der Waals surface area contributed by atoms with Crippen LogP contribution in [-0.4, -0.2) is 46.4 Å². The predicted octanol–water partition coefficient (Wildman–Crippen LogP) is 6.13. The Morgan fingerprint density at radius 3 is 2.53 bits per heavy atom. The summed E-state index contributed by atoms with van der Waals surface area (Å²) in [6, 6.07) is 5.97. The molecule has 5 rings (SSSR count). The maximum Gasteiger partial charge on any atom is 0.175 e. The fourth-order valence-corrected chi connectivity index (χ4v) is 4.92. The summed E-state index contributed by atoms with van der Waals surface area (Å²) in [6.07, 6.45) is 3.70. The van der Waals surface area contributed by atoms with Crippen LogP contribution in [0.2, 0.25) is 0 Å². The molecule has 0 atom stereocenters. The van der Waals surface area contributed by atoms with Crippen LogP contribution in [0.3, 0.4) is 0 Å². The zero-order valence-electron chi connectivity index (χ0n) is 20.8. The normalized spacial score (nSPS) is 15.0. The van der Waals surface area contributed by atoms with Crippen LogP contribution in [0.25, 0.3) is 32.9 Å². The van der Waals surface area contributed by atoms with Crippen molar-refractivity contribution in [2.45, 2.75) is 46.0 Å². The molecule has 0 amide bonds. The highest BCUT2D eigenvalue weighted by Crippen LogP contribution is 2.39. The zero-order chi connectivity index (χ0) is 25.4. The highest BCUT2D eigenvalue weighted by atomic mass is 19.1. The number of aromatic hydroxyl groups is 1. The van der Waals surface area contributed by atoms with Gasteiger partial charge < -0.3 is 14.7 Å². The Hall–Kier alpha value is -3.39. The van der Waals surface area contributed by atoms with Crippen molar-refractivity contribution in [3.8, 4) is 17.0 Å². The molecular formula is C28H30F2N4O2. The van der Waals surface area contributed by atoms with E-state index in [9.17, 15) is 9.50 Å². The van der Waals surface area contributed by atoms with Crippen molar-refractivity contribution in [2.24, 2.45) is 0 Å². The standard InChI is InChI=1S/C28H30F2N4O2/c1-4-19-22(29)8-7-17-13-18(35)14-20(23(17)19)25-24(30)26-21(15-31-25)28(33-27(32-26)16(2)3)34-9-5-11-36-12-6-10-34/h7-8,13-16,35H,4-6,9-12H2,1-3H3. The van der Waals surface area contributed by atoms with E-state index in [0.29, 0.717) is 58.6 Å². The molecule has 1 aliphatic rings. The number of aromatic nitrogens is 3. The van der Waals surface area contributed by atoms with E-state index in [0.717, 1.165) is 25.9 Å². The third kappa shape index (κ3) is 4.34. The van der Waals surface area contributed by atoms with Crippen LogP contribution < -0.4 is 4.90 Å². The van der Waals surface area contributed by atoms with E-state index in [1.165, 1.54) is 12.1 Å². The first-order valence-electron chi connectivity index (χ1n) is 12.5. The lowest BCUT2D eigenvalue weighted by atomic mass is 9.94. The van der Waals surface area contributed by atoms with E-state index < -0.39 is 5.82 Å². The van der Waals surface area contributed by atoms with Crippen LogP contribution in [0, 0.1) is 11.6 Å². The molecule has 1 aliphatic heterocycles. The van der Waals surface area contributed by atoms with Gasteiger partial charge in [0, 0.05) is 44.0 Å². The lowest BCUT2D eigenvalue weighted by molar-refractivity contribution is 0.124. The number of benzene rings is 2. The number of phenolic OH excluding ortho intramolecular Hbond substituents is 1. The first-order valence-corrected chi connectivity index (χ1v) is 12.5. The molecule has 0 spiro atoms. The SMILES string of the molecule is CCc1c(F)ccc2cc(O)cc(-c3ncc4c(N5CCCOCCC5)nc(C(C)C)nc4c3F)c12. The quantitative estimate of drug-likeness (QED) is 0.369. The molecule has 0 radical (unpaired) electrons. The maximum absolute atomic E-state index is 16.3. The molecule has 0 aliphatic carbocycles. The Balaban J connectivity index is 1.77. The molecule has 1 fully saturated rings. The summed E-state index contributed by atoms with van der Waals surface area (Å²) >= 11 is 0. The van der Waals surface area contributed by atoms with Crippen LogP contribution in [0.15, 0.2) is 30.5 Å². The first kappa shape index (κ1) is 24.3. The smallest absolute Gasteiger partial charge is 0.175 e. The zero-order valence-corrected chi connectivity index (χ0v) is 20.8. The maximum atomic E-state index is 16.3. The van der Waals surface area contributed by atoms with E-state index >= 15 is 4.39 Å². The van der Waals surface area contributed by atoms with Gasteiger partial charge in [-0.3, -0.25) is 4.98 Å². The average molecular weight is 493 g/mol. The summed E-state index contributed by atoms with van der Waals surface area (Å²) in [4.78, 5) is 16.1. The largest absolute Gasteiger partial charge is 0.508 e. The molecule has 3 heterocycles. The van der Waals surface area contributed by atoms with Crippen molar-refractivity contribution in [3.63, 3.8) is 0 Å². The van der Waals surface area contributed by atoms with Gasteiger partial charge in [0.1, 0.15) is 34.4 Å². The van der Waals surface area contributed by atoms with Crippen molar-refractivity contribution >= 4 is 27.5 Å². The van der Waals surface area contributed by atoms with Gasteiger partial charge in [0.2, 0.25) is 0 Å². The fourth-order valence-electron chi connectivity index (χ4n) is 4.92. The molecule has 0 unspecified atom stereocenters. The Labute approximate surface area is 209 Å². The minimum Gasteiger partial charge on any atom is -0.508 e. The van der Waals surface area contributed by atoms with Gasteiger partial charge in [-0.1, -0.05) is 26.8 Å². The molecule has 1 N–H and O–H groups in total. The number of nitrogens with zero attached hydrogens (tertiary/aromatic N) is 4. The summed E-state index contributed by atoms with van der Waals surface area (Å²) in [5.41, 5.74) is 1.01. The van der Waals surface area contributed by atoms with Gasteiger partial charge >= 0.3 is 0 Å². The minimum atomic E-state index is -0.605. The summed E-state index contributed by atoms with van der Waals surface area (Å²) in [5, 5.41) is 12.1. The second-order valence-corrected chi connectivity index (χ2v) is 9.52. The van der Waals surface area contributed by atoms with Gasteiger partial charge in [-0.15, -0.1) is 0 Å². The van der Waals surface area contributed by atoms with Crippen LogP contribution in [0.5, 0.6) is 5.75 Å². The second-order valence-electron chi connectivity index (χ2n) is 9.52. The molecule has 0 saturated carbocycles. The topological polar surface area (TPSA) is 71.4 Å². The number of halogens is 2. The summed E-state index contributed by atoms with van der Waals surface area (Å²) in [5.74, 6) is 0.196. The number of ether oxygens (including phenoxy) is 1. The van der Waals surface area contributed by atoms with E-state index in [1.807, 2.05) is 20.8 Å². The molecule has 0 bridgehead atoms. The summed E-state index contributed by atoms with van der Waals surface area (Å²) in [7, 11) is 0. The van der Waals surface area contributed by atoms with Crippen LogP contribution in [-0.2, 0) is 11.2 Å². The number of pyridine rings is 1. The lowest BCUT2D eigenvalue weighted by Gasteiger charge is -2.27.